The molecule has 0 radical (unpaired) electrons. The number of amides is 2. The number of carbonyl (C=O) groups excluding carboxylic acids is 2. The van der Waals surface area contributed by atoms with Crippen LogP contribution in [0.3, 0.4) is 0 Å². The molecule has 0 N–H and O–H groups in total. The molecule has 0 fully saturated rings. The van der Waals surface area contributed by atoms with E-state index in [9.17, 15) is 9.59 Å². The Morgan fingerprint density at radius 1 is 0.912 bits per heavy atom. The Bertz CT molecular complexity index is 1050. The van der Waals surface area contributed by atoms with Gasteiger partial charge in [0.15, 0.2) is 0 Å². The molecule has 0 aliphatic carbocycles. The number of ether oxygens (including phenoxy) is 1. The second kappa shape index (κ2) is 13.1. The summed E-state index contributed by atoms with van der Waals surface area (Å²) in [6, 6.07) is 19.6. The Morgan fingerprint density at radius 3 is 2.29 bits per heavy atom. The van der Waals surface area contributed by atoms with E-state index in [1.807, 2.05) is 73.3 Å². The van der Waals surface area contributed by atoms with Crippen molar-refractivity contribution in [2.75, 3.05) is 26.3 Å². The van der Waals surface area contributed by atoms with Crippen LogP contribution in [0, 0.1) is 13.8 Å². The molecular formula is C28H34N2O3S. The summed E-state index contributed by atoms with van der Waals surface area (Å²) in [6.45, 7) is 8.74. The van der Waals surface area contributed by atoms with Gasteiger partial charge in [-0.15, -0.1) is 11.3 Å². The van der Waals surface area contributed by atoms with E-state index in [2.05, 4.69) is 18.4 Å². The van der Waals surface area contributed by atoms with Crippen molar-refractivity contribution in [3.8, 4) is 0 Å². The molecule has 0 saturated heterocycles. The number of thiophene rings is 1. The van der Waals surface area contributed by atoms with Crippen LogP contribution < -0.4 is 0 Å². The molecule has 34 heavy (non-hydrogen) atoms. The molecule has 3 aromatic rings. The van der Waals surface area contributed by atoms with E-state index in [1.54, 1.807) is 16.2 Å². The van der Waals surface area contributed by atoms with E-state index in [1.165, 1.54) is 5.56 Å². The van der Waals surface area contributed by atoms with E-state index in [-0.39, 0.29) is 18.4 Å². The van der Waals surface area contributed by atoms with Gasteiger partial charge in [0.05, 0.1) is 6.54 Å². The zero-order valence-corrected chi connectivity index (χ0v) is 21.1. The molecule has 0 aliphatic heterocycles. The van der Waals surface area contributed by atoms with Crippen LogP contribution in [-0.2, 0) is 22.6 Å². The normalized spacial score (nSPS) is 10.8. The lowest BCUT2D eigenvalue weighted by molar-refractivity contribution is -0.133. The number of hydrogen-bond donors (Lipinski definition) is 0. The minimum absolute atomic E-state index is 0.0378. The molecule has 1 heterocycles. The number of carbonyl (C=O) groups is 2. The van der Waals surface area contributed by atoms with E-state index in [0.717, 1.165) is 16.0 Å². The smallest absolute Gasteiger partial charge is 0.254 e. The predicted molar refractivity (Wildman–Crippen MR) is 138 cm³/mol. The molecule has 2 aromatic carbocycles. The second-order valence-electron chi connectivity index (χ2n) is 8.41. The average molecular weight is 479 g/mol. The first kappa shape index (κ1) is 25.7. The maximum absolute atomic E-state index is 13.6. The van der Waals surface area contributed by atoms with Crippen LogP contribution in [0.1, 0.15) is 45.3 Å². The molecule has 2 amide bonds. The summed E-state index contributed by atoms with van der Waals surface area (Å²) in [5.74, 6) is -0.190. The molecule has 0 spiro atoms. The van der Waals surface area contributed by atoms with Crippen molar-refractivity contribution >= 4 is 23.2 Å². The van der Waals surface area contributed by atoms with Crippen molar-refractivity contribution in [1.82, 2.24) is 9.80 Å². The van der Waals surface area contributed by atoms with Crippen LogP contribution in [-0.4, -0.2) is 47.9 Å². The lowest BCUT2D eigenvalue weighted by atomic mass is 10.1. The monoisotopic (exact) mass is 478 g/mol. The van der Waals surface area contributed by atoms with E-state index >= 15 is 0 Å². The summed E-state index contributed by atoms with van der Waals surface area (Å²) in [7, 11) is 0. The summed E-state index contributed by atoms with van der Waals surface area (Å²) in [4.78, 5) is 31.6. The molecule has 0 saturated carbocycles. The molecule has 0 aliphatic rings. The van der Waals surface area contributed by atoms with Gasteiger partial charge in [0.2, 0.25) is 5.91 Å². The quantitative estimate of drug-likeness (QED) is 0.325. The van der Waals surface area contributed by atoms with Gasteiger partial charge in [-0.3, -0.25) is 9.59 Å². The van der Waals surface area contributed by atoms with Crippen molar-refractivity contribution in [3.05, 3.63) is 93.2 Å². The summed E-state index contributed by atoms with van der Waals surface area (Å²) in [6.07, 6.45) is 0.682. The van der Waals surface area contributed by atoms with Gasteiger partial charge in [-0.2, -0.15) is 0 Å². The Balaban J connectivity index is 1.79. The van der Waals surface area contributed by atoms with Gasteiger partial charge >= 0.3 is 0 Å². The summed E-state index contributed by atoms with van der Waals surface area (Å²) in [5.41, 5.74) is 3.94. The number of aryl methyl sites for hydroxylation is 2. The van der Waals surface area contributed by atoms with Crippen molar-refractivity contribution in [1.29, 1.82) is 0 Å². The molecule has 3 rings (SSSR count). The van der Waals surface area contributed by atoms with Gasteiger partial charge in [0, 0.05) is 36.7 Å². The van der Waals surface area contributed by atoms with Crippen molar-refractivity contribution in [2.24, 2.45) is 0 Å². The zero-order valence-electron chi connectivity index (χ0n) is 20.3. The van der Waals surface area contributed by atoms with Crippen LogP contribution >= 0.6 is 11.3 Å². The van der Waals surface area contributed by atoms with Gasteiger partial charge in [-0.05, 0) is 61.9 Å². The first-order valence-corrected chi connectivity index (χ1v) is 12.6. The second-order valence-corrected chi connectivity index (χ2v) is 9.41. The molecule has 0 atom stereocenters. The van der Waals surface area contributed by atoms with Gasteiger partial charge in [-0.1, -0.05) is 48.0 Å². The summed E-state index contributed by atoms with van der Waals surface area (Å²) < 4.78 is 5.47. The minimum Gasteiger partial charge on any atom is -0.382 e. The Morgan fingerprint density at radius 2 is 1.65 bits per heavy atom. The molecule has 5 nitrogen and oxygen atoms in total. The highest BCUT2D eigenvalue weighted by Crippen LogP contribution is 2.20. The highest BCUT2D eigenvalue weighted by molar-refractivity contribution is 7.10. The molecule has 6 heteroatoms. The lowest BCUT2D eigenvalue weighted by Gasteiger charge is -2.28. The third kappa shape index (κ3) is 7.54. The SMILES string of the molecule is CCOCCCN(CC(=O)N(Cc1ccccc1)Cc1sccc1C)C(=O)c1ccc(C)cc1. The maximum Gasteiger partial charge on any atom is 0.254 e. The van der Waals surface area contributed by atoms with Crippen molar-refractivity contribution < 1.29 is 14.3 Å². The first-order chi connectivity index (χ1) is 16.5. The van der Waals surface area contributed by atoms with E-state index in [4.69, 9.17) is 4.74 Å². The largest absolute Gasteiger partial charge is 0.382 e. The number of rotatable bonds is 12. The van der Waals surface area contributed by atoms with Crippen molar-refractivity contribution in [2.45, 2.75) is 40.3 Å². The van der Waals surface area contributed by atoms with Crippen LogP contribution in [0.25, 0.3) is 0 Å². The molecule has 0 unspecified atom stereocenters. The van der Waals surface area contributed by atoms with Gasteiger partial charge < -0.3 is 14.5 Å². The zero-order chi connectivity index (χ0) is 24.3. The molecule has 1 aromatic heterocycles. The number of benzene rings is 2. The minimum atomic E-state index is -0.128. The first-order valence-electron chi connectivity index (χ1n) is 11.8. The predicted octanol–water partition coefficient (Wildman–Crippen LogP) is 5.46. The van der Waals surface area contributed by atoms with Gasteiger partial charge in [0.1, 0.15) is 6.54 Å². The van der Waals surface area contributed by atoms with Gasteiger partial charge in [-0.25, -0.2) is 0 Å². The fourth-order valence-electron chi connectivity index (χ4n) is 3.67. The maximum atomic E-state index is 13.6. The highest BCUT2D eigenvalue weighted by atomic mass is 32.1. The van der Waals surface area contributed by atoms with E-state index < -0.39 is 0 Å². The van der Waals surface area contributed by atoms with Crippen LogP contribution in [0.4, 0.5) is 0 Å². The fraction of sp³-hybridized carbons (Fsp3) is 0.357. The van der Waals surface area contributed by atoms with Crippen molar-refractivity contribution in [3.63, 3.8) is 0 Å². The highest BCUT2D eigenvalue weighted by Gasteiger charge is 2.23. The Hall–Kier alpha value is -2.96. The Labute approximate surface area is 207 Å². The number of nitrogens with zero attached hydrogens (tertiary/aromatic N) is 2. The third-order valence-electron chi connectivity index (χ3n) is 5.70. The molecule has 0 bridgehead atoms. The summed E-state index contributed by atoms with van der Waals surface area (Å²) >= 11 is 1.66. The molecular weight excluding hydrogens is 444 g/mol. The lowest BCUT2D eigenvalue weighted by Crippen LogP contribution is -2.43. The van der Waals surface area contributed by atoms with Crippen LogP contribution in [0.2, 0.25) is 0 Å². The number of hydrogen-bond acceptors (Lipinski definition) is 4. The standard InChI is InChI=1S/C28H34N2O3S/c1-4-33-17-8-16-29(28(32)25-13-11-22(2)12-14-25)21-27(31)30(19-24-9-6-5-7-10-24)20-26-23(3)15-18-34-26/h5-7,9-15,18H,4,8,16-17,19-21H2,1-3H3. The fourth-order valence-corrected chi connectivity index (χ4v) is 4.59. The van der Waals surface area contributed by atoms with Gasteiger partial charge in [0.25, 0.3) is 5.91 Å². The van der Waals surface area contributed by atoms with Crippen LogP contribution in [0.5, 0.6) is 0 Å². The van der Waals surface area contributed by atoms with Crippen LogP contribution in [0.15, 0.2) is 66.0 Å². The topological polar surface area (TPSA) is 49.9 Å². The summed E-state index contributed by atoms with van der Waals surface area (Å²) in [5, 5.41) is 2.05. The molecule has 180 valence electrons. The average Bonchev–Trinajstić information content (AvgIpc) is 3.25. The Kier molecular flexibility index (Phi) is 9.86. The third-order valence-corrected chi connectivity index (χ3v) is 6.71. The van der Waals surface area contributed by atoms with E-state index in [0.29, 0.717) is 44.8 Å².